The van der Waals surface area contributed by atoms with E-state index in [2.05, 4.69) is 10.2 Å². The Balaban J connectivity index is 1.84. The summed E-state index contributed by atoms with van der Waals surface area (Å²) in [5, 5.41) is 14.6. The number of hydrogen-bond donors (Lipinski definition) is 1. The van der Waals surface area contributed by atoms with E-state index < -0.39 is 0 Å². The highest BCUT2D eigenvalue weighted by Crippen LogP contribution is 2.37. The average Bonchev–Trinajstić information content (AvgIpc) is 3.13. The van der Waals surface area contributed by atoms with Crippen molar-refractivity contribution in [2.24, 2.45) is 0 Å². The second kappa shape index (κ2) is 5.17. The van der Waals surface area contributed by atoms with Crippen LogP contribution in [0, 0.1) is 10.1 Å². The van der Waals surface area contributed by atoms with Gasteiger partial charge in [-0.05, 0) is 38.3 Å². The van der Waals surface area contributed by atoms with Crippen LogP contribution in [-0.2, 0) is 0 Å². The summed E-state index contributed by atoms with van der Waals surface area (Å²) in [6.45, 7) is 1.95. The maximum atomic E-state index is 11.2. The molecule has 1 aromatic rings. The highest BCUT2D eigenvalue weighted by Gasteiger charge is 2.34. The summed E-state index contributed by atoms with van der Waals surface area (Å²) in [5.74, 6) is 0. The third-order valence-corrected chi connectivity index (χ3v) is 3.95. The lowest BCUT2D eigenvalue weighted by atomic mass is 10.1. The van der Waals surface area contributed by atoms with Gasteiger partial charge in [-0.3, -0.25) is 10.1 Å². The van der Waals surface area contributed by atoms with Gasteiger partial charge >= 0.3 is 0 Å². The van der Waals surface area contributed by atoms with Crippen LogP contribution in [0.1, 0.15) is 25.7 Å². The third kappa shape index (κ3) is 2.71. The van der Waals surface area contributed by atoms with Crippen molar-refractivity contribution in [3.63, 3.8) is 0 Å². The molecule has 0 amide bonds. The van der Waals surface area contributed by atoms with Gasteiger partial charge in [0.05, 0.1) is 4.92 Å². The lowest BCUT2D eigenvalue weighted by Gasteiger charge is -2.27. The molecule has 102 valence electrons. The minimum atomic E-state index is -0.271. The number of anilines is 1. The van der Waals surface area contributed by atoms with Crippen LogP contribution in [0.2, 0.25) is 0 Å². The van der Waals surface area contributed by atoms with Crippen molar-refractivity contribution in [2.75, 3.05) is 18.0 Å². The molecule has 1 heterocycles. The second-order valence-corrected chi connectivity index (χ2v) is 5.42. The standard InChI is InChI=1S/C14H19N3O2/c18-17(19)14-6-2-1-5-13(14)16(12-7-8-12)10-11-4-3-9-15-11/h1-2,5-6,11-12,15H,3-4,7-10H2. The monoisotopic (exact) mass is 261 g/mol. The Labute approximate surface area is 112 Å². The Kier molecular flexibility index (Phi) is 3.38. The minimum Gasteiger partial charge on any atom is -0.361 e. The van der Waals surface area contributed by atoms with Crippen LogP contribution in [0.25, 0.3) is 0 Å². The molecule has 0 bridgehead atoms. The van der Waals surface area contributed by atoms with Gasteiger partial charge in [0.2, 0.25) is 0 Å². The van der Waals surface area contributed by atoms with E-state index in [9.17, 15) is 10.1 Å². The van der Waals surface area contributed by atoms with Crippen molar-refractivity contribution in [3.05, 3.63) is 34.4 Å². The second-order valence-electron chi connectivity index (χ2n) is 5.42. The van der Waals surface area contributed by atoms with Crippen LogP contribution in [0.4, 0.5) is 11.4 Å². The Morgan fingerprint density at radius 3 is 2.74 bits per heavy atom. The number of nitrogens with zero attached hydrogens (tertiary/aromatic N) is 2. The summed E-state index contributed by atoms with van der Waals surface area (Å²) in [6, 6.07) is 8.07. The first-order valence-corrected chi connectivity index (χ1v) is 6.99. The molecule has 19 heavy (non-hydrogen) atoms. The van der Waals surface area contributed by atoms with Gasteiger partial charge < -0.3 is 10.2 Å². The fourth-order valence-electron chi connectivity index (χ4n) is 2.84. The number of nitrogens with one attached hydrogen (secondary N) is 1. The first-order valence-electron chi connectivity index (χ1n) is 6.99. The summed E-state index contributed by atoms with van der Waals surface area (Å²) in [7, 11) is 0. The van der Waals surface area contributed by atoms with Gasteiger partial charge in [-0.25, -0.2) is 0 Å². The SMILES string of the molecule is O=[N+]([O-])c1ccccc1N(CC1CCCN1)C1CC1. The zero-order valence-corrected chi connectivity index (χ0v) is 10.9. The summed E-state index contributed by atoms with van der Waals surface area (Å²) >= 11 is 0. The molecule has 1 aliphatic carbocycles. The number of hydrogen-bond acceptors (Lipinski definition) is 4. The van der Waals surface area contributed by atoms with E-state index in [0.717, 1.165) is 31.6 Å². The summed E-state index contributed by atoms with van der Waals surface area (Å²) in [4.78, 5) is 13.1. The number of nitro benzene ring substituents is 1. The Morgan fingerprint density at radius 1 is 1.32 bits per heavy atom. The Hall–Kier alpha value is -1.62. The lowest BCUT2D eigenvalue weighted by molar-refractivity contribution is -0.384. The minimum absolute atomic E-state index is 0.229. The molecule has 0 radical (unpaired) electrons. The summed E-state index contributed by atoms with van der Waals surface area (Å²) < 4.78 is 0. The molecule has 5 nitrogen and oxygen atoms in total. The van der Waals surface area contributed by atoms with E-state index >= 15 is 0 Å². The van der Waals surface area contributed by atoms with Crippen LogP contribution in [0.5, 0.6) is 0 Å². The molecule has 1 N–H and O–H groups in total. The van der Waals surface area contributed by atoms with Gasteiger partial charge in [0.1, 0.15) is 5.69 Å². The van der Waals surface area contributed by atoms with Crippen molar-refractivity contribution in [3.8, 4) is 0 Å². The maximum Gasteiger partial charge on any atom is 0.292 e. The molecule has 1 saturated heterocycles. The van der Waals surface area contributed by atoms with E-state index in [-0.39, 0.29) is 10.6 Å². The van der Waals surface area contributed by atoms with Gasteiger partial charge in [0, 0.05) is 24.7 Å². The van der Waals surface area contributed by atoms with Crippen molar-refractivity contribution < 1.29 is 4.92 Å². The zero-order valence-electron chi connectivity index (χ0n) is 10.9. The van der Waals surface area contributed by atoms with E-state index in [1.165, 1.54) is 12.8 Å². The van der Waals surface area contributed by atoms with Crippen LogP contribution in [-0.4, -0.2) is 30.1 Å². The average molecular weight is 261 g/mol. The van der Waals surface area contributed by atoms with Crippen LogP contribution in [0.3, 0.4) is 0 Å². The van der Waals surface area contributed by atoms with Crippen molar-refractivity contribution in [1.82, 2.24) is 5.32 Å². The molecular formula is C14H19N3O2. The molecule has 1 unspecified atom stereocenters. The number of benzene rings is 1. The molecule has 1 aliphatic heterocycles. The molecule has 1 atom stereocenters. The van der Waals surface area contributed by atoms with E-state index in [0.29, 0.717) is 12.1 Å². The number of nitro groups is 1. The molecular weight excluding hydrogens is 242 g/mol. The topological polar surface area (TPSA) is 58.4 Å². The maximum absolute atomic E-state index is 11.2. The number of para-hydroxylation sites is 2. The normalized spacial score (nSPS) is 22.4. The van der Waals surface area contributed by atoms with Gasteiger partial charge in [-0.1, -0.05) is 12.1 Å². The molecule has 2 fully saturated rings. The smallest absolute Gasteiger partial charge is 0.292 e. The van der Waals surface area contributed by atoms with Gasteiger partial charge in [0.15, 0.2) is 0 Å². The van der Waals surface area contributed by atoms with Gasteiger partial charge in [0.25, 0.3) is 5.69 Å². The molecule has 2 aliphatic rings. The zero-order chi connectivity index (χ0) is 13.2. The predicted octanol–water partition coefficient (Wildman–Crippen LogP) is 2.32. The van der Waals surface area contributed by atoms with E-state index in [4.69, 9.17) is 0 Å². The van der Waals surface area contributed by atoms with Crippen LogP contribution >= 0.6 is 0 Å². The molecule has 1 aromatic carbocycles. The Morgan fingerprint density at radius 2 is 2.11 bits per heavy atom. The number of rotatable bonds is 5. The highest BCUT2D eigenvalue weighted by atomic mass is 16.6. The summed E-state index contributed by atoms with van der Waals surface area (Å²) in [6.07, 6.45) is 4.68. The van der Waals surface area contributed by atoms with Gasteiger partial charge in [-0.2, -0.15) is 0 Å². The first-order chi connectivity index (χ1) is 9.25. The predicted molar refractivity (Wildman–Crippen MR) is 74.5 cm³/mol. The quantitative estimate of drug-likeness (QED) is 0.652. The fourth-order valence-corrected chi connectivity index (χ4v) is 2.84. The van der Waals surface area contributed by atoms with E-state index in [1.807, 2.05) is 12.1 Å². The third-order valence-electron chi connectivity index (χ3n) is 3.95. The highest BCUT2D eigenvalue weighted by molar-refractivity contribution is 5.64. The largest absolute Gasteiger partial charge is 0.361 e. The first kappa shape index (κ1) is 12.4. The Bertz CT molecular complexity index is 468. The van der Waals surface area contributed by atoms with Crippen LogP contribution in [0.15, 0.2) is 24.3 Å². The summed E-state index contributed by atoms with van der Waals surface area (Å²) in [5.41, 5.74) is 1.01. The van der Waals surface area contributed by atoms with Crippen LogP contribution < -0.4 is 10.2 Å². The van der Waals surface area contributed by atoms with Gasteiger partial charge in [-0.15, -0.1) is 0 Å². The van der Waals surface area contributed by atoms with E-state index in [1.54, 1.807) is 12.1 Å². The molecule has 3 rings (SSSR count). The lowest BCUT2D eigenvalue weighted by Crippen LogP contribution is -2.39. The molecule has 0 spiro atoms. The van der Waals surface area contributed by atoms with Crippen molar-refractivity contribution in [1.29, 1.82) is 0 Å². The molecule has 1 saturated carbocycles. The van der Waals surface area contributed by atoms with Crippen molar-refractivity contribution >= 4 is 11.4 Å². The molecule has 0 aromatic heterocycles. The molecule has 5 heteroatoms. The van der Waals surface area contributed by atoms with Crippen molar-refractivity contribution in [2.45, 2.75) is 37.8 Å². The fraction of sp³-hybridized carbons (Fsp3) is 0.571.